The first-order valence-electron chi connectivity index (χ1n) is 5.02. The summed E-state index contributed by atoms with van der Waals surface area (Å²) >= 11 is 0. The molecular formula is C12H15NO3. The lowest BCUT2D eigenvalue weighted by molar-refractivity contribution is -0.142. The van der Waals surface area contributed by atoms with Gasteiger partial charge >= 0.3 is 5.97 Å². The standard InChI is InChI=1S/C12H15NO3/c1-8(2)12(13,11(15)16)10(14)9-6-4-3-5-7-9/h3-8H,13H2,1-2H3,(H,15,16). The Bertz CT molecular complexity index is 400. The molecule has 0 bridgehead atoms. The summed E-state index contributed by atoms with van der Waals surface area (Å²) < 4.78 is 0. The van der Waals surface area contributed by atoms with E-state index in [1.165, 1.54) is 0 Å². The third-order valence-corrected chi connectivity index (χ3v) is 2.68. The summed E-state index contributed by atoms with van der Waals surface area (Å²) in [5.41, 5.74) is 4.17. The molecule has 0 radical (unpaired) electrons. The second kappa shape index (κ2) is 4.45. The van der Waals surface area contributed by atoms with Crippen LogP contribution < -0.4 is 5.73 Å². The van der Waals surface area contributed by atoms with Gasteiger partial charge in [0.25, 0.3) is 0 Å². The van der Waals surface area contributed by atoms with Crippen molar-refractivity contribution in [1.29, 1.82) is 0 Å². The molecule has 86 valence electrons. The van der Waals surface area contributed by atoms with Crippen molar-refractivity contribution in [2.75, 3.05) is 0 Å². The Labute approximate surface area is 94.1 Å². The van der Waals surface area contributed by atoms with Crippen molar-refractivity contribution in [3.05, 3.63) is 35.9 Å². The molecule has 0 amide bonds. The predicted octanol–water partition coefficient (Wildman–Crippen LogP) is 1.31. The van der Waals surface area contributed by atoms with Crippen LogP contribution in [0.1, 0.15) is 24.2 Å². The van der Waals surface area contributed by atoms with Crippen LogP contribution in [0.15, 0.2) is 30.3 Å². The van der Waals surface area contributed by atoms with Crippen LogP contribution in [0.25, 0.3) is 0 Å². The highest BCUT2D eigenvalue weighted by Crippen LogP contribution is 2.20. The molecule has 0 heterocycles. The fourth-order valence-corrected chi connectivity index (χ4v) is 1.43. The minimum absolute atomic E-state index is 0.320. The molecular weight excluding hydrogens is 206 g/mol. The van der Waals surface area contributed by atoms with Gasteiger partial charge < -0.3 is 10.8 Å². The number of Topliss-reactive ketones (excluding diaryl/α,β-unsaturated/α-hetero) is 1. The van der Waals surface area contributed by atoms with Crippen molar-refractivity contribution in [2.24, 2.45) is 11.7 Å². The molecule has 0 fully saturated rings. The van der Waals surface area contributed by atoms with E-state index in [1.54, 1.807) is 44.2 Å². The fraction of sp³-hybridized carbons (Fsp3) is 0.333. The van der Waals surface area contributed by atoms with E-state index in [0.717, 1.165) is 0 Å². The number of carboxylic acids is 1. The SMILES string of the molecule is CC(C)C(N)(C(=O)O)C(=O)c1ccccc1. The lowest BCUT2D eigenvalue weighted by Crippen LogP contribution is -2.58. The average molecular weight is 221 g/mol. The van der Waals surface area contributed by atoms with Crippen LogP contribution in [0.5, 0.6) is 0 Å². The molecule has 4 heteroatoms. The van der Waals surface area contributed by atoms with E-state index in [-0.39, 0.29) is 0 Å². The Hall–Kier alpha value is -1.68. The Kier molecular flexibility index (Phi) is 3.44. The largest absolute Gasteiger partial charge is 0.480 e. The van der Waals surface area contributed by atoms with Crippen LogP contribution in [0, 0.1) is 5.92 Å². The summed E-state index contributed by atoms with van der Waals surface area (Å²) in [7, 11) is 0. The third kappa shape index (κ3) is 1.97. The van der Waals surface area contributed by atoms with Crippen LogP contribution in [0.4, 0.5) is 0 Å². The maximum absolute atomic E-state index is 12.0. The second-order valence-electron chi connectivity index (χ2n) is 4.02. The zero-order valence-electron chi connectivity index (χ0n) is 9.31. The molecule has 0 spiro atoms. The first-order chi connectivity index (χ1) is 7.40. The van der Waals surface area contributed by atoms with Gasteiger partial charge in [-0.25, -0.2) is 4.79 Å². The Morgan fingerprint density at radius 2 is 1.75 bits per heavy atom. The topological polar surface area (TPSA) is 80.4 Å². The van der Waals surface area contributed by atoms with Crippen molar-refractivity contribution in [1.82, 2.24) is 0 Å². The van der Waals surface area contributed by atoms with Crippen molar-refractivity contribution < 1.29 is 14.7 Å². The lowest BCUT2D eigenvalue weighted by atomic mass is 9.80. The zero-order chi connectivity index (χ0) is 12.3. The summed E-state index contributed by atoms with van der Waals surface area (Å²) in [6, 6.07) is 8.24. The van der Waals surface area contributed by atoms with Gasteiger partial charge in [-0.1, -0.05) is 44.2 Å². The number of benzene rings is 1. The highest BCUT2D eigenvalue weighted by atomic mass is 16.4. The number of carbonyl (C=O) groups is 2. The number of rotatable bonds is 4. The van der Waals surface area contributed by atoms with Crippen LogP contribution in [0.2, 0.25) is 0 Å². The number of ketones is 1. The highest BCUT2D eigenvalue weighted by Gasteiger charge is 2.45. The van der Waals surface area contributed by atoms with E-state index in [1.807, 2.05) is 0 Å². The first-order valence-corrected chi connectivity index (χ1v) is 5.02. The van der Waals surface area contributed by atoms with Crippen LogP contribution in [-0.4, -0.2) is 22.4 Å². The van der Waals surface area contributed by atoms with Gasteiger partial charge in [-0.05, 0) is 5.92 Å². The van der Waals surface area contributed by atoms with Gasteiger partial charge in [0.1, 0.15) is 0 Å². The molecule has 0 aliphatic heterocycles. The predicted molar refractivity (Wildman–Crippen MR) is 60.2 cm³/mol. The molecule has 1 rings (SSSR count). The lowest BCUT2D eigenvalue weighted by Gasteiger charge is -2.27. The Morgan fingerprint density at radius 1 is 1.25 bits per heavy atom. The molecule has 1 unspecified atom stereocenters. The van der Waals surface area contributed by atoms with Crippen LogP contribution >= 0.6 is 0 Å². The number of carbonyl (C=O) groups excluding carboxylic acids is 1. The molecule has 1 atom stereocenters. The van der Waals surface area contributed by atoms with Gasteiger partial charge in [0.15, 0.2) is 11.3 Å². The summed E-state index contributed by atoms with van der Waals surface area (Å²) in [6.07, 6.45) is 0. The Morgan fingerprint density at radius 3 is 2.12 bits per heavy atom. The molecule has 4 nitrogen and oxygen atoms in total. The van der Waals surface area contributed by atoms with E-state index in [0.29, 0.717) is 5.56 Å². The smallest absolute Gasteiger partial charge is 0.332 e. The summed E-state index contributed by atoms with van der Waals surface area (Å²) in [6.45, 7) is 3.24. The molecule has 16 heavy (non-hydrogen) atoms. The van der Waals surface area contributed by atoms with E-state index in [2.05, 4.69) is 0 Å². The molecule has 0 aliphatic carbocycles. The van der Waals surface area contributed by atoms with Gasteiger partial charge in [0.05, 0.1) is 0 Å². The number of hydrogen-bond donors (Lipinski definition) is 2. The normalized spacial score (nSPS) is 14.5. The van der Waals surface area contributed by atoms with E-state index in [4.69, 9.17) is 10.8 Å². The average Bonchev–Trinajstić information content (AvgIpc) is 2.27. The quantitative estimate of drug-likeness (QED) is 0.593. The number of aliphatic carboxylic acids is 1. The zero-order valence-corrected chi connectivity index (χ0v) is 9.31. The number of carboxylic acid groups (broad SMARTS) is 1. The van der Waals surface area contributed by atoms with E-state index < -0.39 is 23.2 Å². The minimum Gasteiger partial charge on any atom is -0.480 e. The molecule has 3 N–H and O–H groups in total. The Balaban J connectivity index is 3.17. The summed E-state index contributed by atoms with van der Waals surface area (Å²) in [5, 5.41) is 9.09. The number of hydrogen-bond acceptors (Lipinski definition) is 3. The van der Waals surface area contributed by atoms with E-state index >= 15 is 0 Å². The van der Waals surface area contributed by atoms with Crippen LogP contribution in [0.3, 0.4) is 0 Å². The molecule has 1 aromatic carbocycles. The van der Waals surface area contributed by atoms with Gasteiger partial charge in [0, 0.05) is 5.56 Å². The van der Waals surface area contributed by atoms with Crippen molar-refractivity contribution in [3.63, 3.8) is 0 Å². The van der Waals surface area contributed by atoms with Crippen molar-refractivity contribution in [3.8, 4) is 0 Å². The first kappa shape index (κ1) is 12.4. The fourth-order valence-electron chi connectivity index (χ4n) is 1.43. The van der Waals surface area contributed by atoms with Gasteiger partial charge in [-0.15, -0.1) is 0 Å². The second-order valence-corrected chi connectivity index (χ2v) is 4.02. The van der Waals surface area contributed by atoms with Crippen LogP contribution in [-0.2, 0) is 4.79 Å². The molecule has 0 aliphatic rings. The maximum atomic E-state index is 12.0. The molecule has 0 saturated heterocycles. The molecule has 0 aromatic heterocycles. The number of nitrogens with two attached hydrogens (primary N) is 1. The summed E-state index contributed by atoms with van der Waals surface area (Å²) in [5.74, 6) is -2.33. The van der Waals surface area contributed by atoms with Gasteiger partial charge in [-0.3, -0.25) is 4.79 Å². The minimum atomic E-state index is -1.86. The maximum Gasteiger partial charge on any atom is 0.332 e. The van der Waals surface area contributed by atoms with Gasteiger partial charge in [-0.2, -0.15) is 0 Å². The van der Waals surface area contributed by atoms with Crippen molar-refractivity contribution in [2.45, 2.75) is 19.4 Å². The molecule has 1 aromatic rings. The summed E-state index contributed by atoms with van der Waals surface area (Å²) in [4.78, 5) is 23.2. The molecule has 0 saturated carbocycles. The highest BCUT2D eigenvalue weighted by molar-refractivity contribution is 6.16. The van der Waals surface area contributed by atoms with Crippen molar-refractivity contribution >= 4 is 11.8 Å². The van der Waals surface area contributed by atoms with E-state index in [9.17, 15) is 9.59 Å². The monoisotopic (exact) mass is 221 g/mol. The third-order valence-electron chi connectivity index (χ3n) is 2.68. The van der Waals surface area contributed by atoms with Gasteiger partial charge in [0.2, 0.25) is 0 Å².